The normalized spacial score (nSPS) is 20.1. The Morgan fingerprint density at radius 3 is 2.33 bits per heavy atom. The number of carbonyl (C=O) groups is 3. The second kappa shape index (κ2) is 13.3. The molecular formula is C27H41N3O7S2. The van der Waals surface area contributed by atoms with Crippen molar-refractivity contribution in [1.82, 2.24) is 14.9 Å². The van der Waals surface area contributed by atoms with Crippen molar-refractivity contribution in [2.24, 2.45) is 5.92 Å². The second-order valence-electron chi connectivity index (χ2n) is 11.1. The maximum absolute atomic E-state index is 13.5. The van der Waals surface area contributed by atoms with Gasteiger partial charge in [0, 0.05) is 12.3 Å². The van der Waals surface area contributed by atoms with Gasteiger partial charge in [0.25, 0.3) is 11.8 Å². The van der Waals surface area contributed by atoms with E-state index in [4.69, 9.17) is 9.47 Å². The summed E-state index contributed by atoms with van der Waals surface area (Å²) in [6, 6.07) is 6.13. The molecule has 0 aromatic heterocycles. The van der Waals surface area contributed by atoms with Gasteiger partial charge in [-0.25, -0.2) is 13.2 Å². The molecule has 1 saturated carbocycles. The molecule has 0 bridgehead atoms. The minimum atomic E-state index is -4.05. The van der Waals surface area contributed by atoms with Crippen LogP contribution in [0.4, 0.5) is 4.79 Å². The third-order valence-electron chi connectivity index (χ3n) is 6.91. The average molecular weight is 584 g/mol. The Bertz CT molecular complexity index is 1110. The van der Waals surface area contributed by atoms with Crippen molar-refractivity contribution in [2.75, 3.05) is 19.4 Å². The summed E-state index contributed by atoms with van der Waals surface area (Å²) in [6.45, 7) is 6.99. The summed E-state index contributed by atoms with van der Waals surface area (Å²) in [5.74, 6) is -0.218. The Morgan fingerprint density at radius 1 is 1.10 bits per heavy atom. The molecule has 0 spiro atoms. The first-order chi connectivity index (χ1) is 18.3. The van der Waals surface area contributed by atoms with Crippen LogP contribution < -0.4 is 14.8 Å². The van der Waals surface area contributed by atoms with Crippen molar-refractivity contribution >= 4 is 39.7 Å². The Morgan fingerprint density at radius 2 is 1.74 bits per heavy atom. The van der Waals surface area contributed by atoms with Gasteiger partial charge in [0.15, 0.2) is 5.37 Å². The number of sulfonamides is 1. The maximum Gasteiger partial charge on any atom is 0.411 e. The van der Waals surface area contributed by atoms with E-state index < -0.39 is 50.2 Å². The first-order valence-corrected chi connectivity index (χ1v) is 16.0. The second-order valence-corrected chi connectivity index (χ2v) is 14.2. The standard InChI is InChI=1S/C27H41N3O7S2/c1-18(28-24(32)25-30(15-16-38-25)26(33)37-27(2,3)4)23(31)29-39(34,35)22(20-9-7-6-8-10-20)17-19-11-13-21(36-5)14-12-19/h11-14,18,20,22,25H,6-10,15-17H2,1-5H3,(H,28,32)(H,29,31)/t18-,22?,25?/m1/s1. The molecule has 2 unspecified atom stereocenters. The lowest BCUT2D eigenvalue weighted by atomic mass is 9.85. The van der Waals surface area contributed by atoms with Crippen LogP contribution in [-0.2, 0) is 30.8 Å². The van der Waals surface area contributed by atoms with Crippen LogP contribution in [0.3, 0.4) is 0 Å². The molecule has 2 fully saturated rings. The Hall–Kier alpha value is -2.47. The van der Waals surface area contributed by atoms with E-state index in [-0.39, 0.29) is 12.3 Å². The van der Waals surface area contributed by atoms with E-state index in [0.717, 1.165) is 37.7 Å². The fraction of sp³-hybridized carbons (Fsp3) is 0.667. The molecule has 12 heteroatoms. The summed E-state index contributed by atoms with van der Waals surface area (Å²) in [5, 5.41) is 0.923. The van der Waals surface area contributed by atoms with Gasteiger partial charge in [-0.1, -0.05) is 31.4 Å². The third kappa shape index (κ3) is 8.76. The van der Waals surface area contributed by atoms with Crippen LogP contribution in [-0.4, -0.2) is 72.9 Å². The van der Waals surface area contributed by atoms with Gasteiger partial charge in [0.1, 0.15) is 17.4 Å². The largest absolute Gasteiger partial charge is 0.497 e. The van der Waals surface area contributed by atoms with E-state index in [9.17, 15) is 22.8 Å². The highest BCUT2D eigenvalue weighted by molar-refractivity contribution is 8.00. The van der Waals surface area contributed by atoms with Crippen molar-refractivity contribution in [3.63, 3.8) is 0 Å². The fourth-order valence-corrected chi connectivity index (χ4v) is 7.79. The first kappa shape index (κ1) is 31.1. The van der Waals surface area contributed by atoms with Gasteiger partial charge in [-0.2, -0.15) is 0 Å². The van der Waals surface area contributed by atoms with Crippen molar-refractivity contribution in [2.45, 2.75) is 88.5 Å². The Labute approximate surface area is 236 Å². The number of nitrogens with zero attached hydrogens (tertiary/aromatic N) is 1. The van der Waals surface area contributed by atoms with Crippen LogP contribution in [0.15, 0.2) is 24.3 Å². The molecule has 1 aromatic carbocycles. The molecule has 0 radical (unpaired) electrons. The minimum Gasteiger partial charge on any atom is -0.497 e. The zero-order valence-corrected chi connectivity index (χ0v) is 25.0. The molecule has 3 atom stereocenters. The molecule has 2 N–H and O–H groups in total. The van der Waals surface area contributed by atoms with Crippen LogP contribution in [0, 0.1) is 5.92 Å². The molecule has 2 aliphatic rings. The Kier molecular flexibility index (Phi) is 10.6. The summed E-state index contributed by atoms with van der Waals surface area (Å²) in [4.78, 5) is 39.8. The zero-order valence-electron chi connectivity index (χ0n) is 23.4. The lowest BCUT2D eigenvalue weighted by molar-refractivity contribution is -0.128. The van der Waals surface area contributed by atoms with Crippen LogP contribution in [0.5, 0.6) is 5.75 Å². The summed E-state index contributed by atoms with van der Waals surface area (Å²) in [5.41, 5.74) is 0.124. The summed E-state index contributed by atoms with van der Waals surface area (Å²) >= 11 is 1.26. The molecule has 1 heterocycles. The average Bonchev–Trinajstić information content (AvgIpc) is 3.37. The molecule has 1 aromatic rings. The summed E-state index contributed by atoms with van der Waals surface area (Å²) < 4.78 is 39.9. The van der Waals surface area contributed by atoms with E-state index in [1.165, 1.54) is 23.6 Å². The highest BCUT2D eigenvalue weighted by Gasteiger charge is 2.40. The molecular weight excluding hydrogens is 542 g/mol. The van der Waals surface area contributed by atoms with Crippen LogP contribution in [0.2, 0.25) is 0 Å². The van der Waals surface area contributed by atoms with Crippen LogP contribution >= 0.6 is 11.8 Å². The molecule has 39 heavy (non-hydrogen) atoms. The lowest BCUT2D eigenvalue weighted by Gasteiger charge is -2.31. The van der Waals surface area contributed by atoms with Crippen LogP contribution in [0.25, 0.3) is 0 Å². The molecule has 1 saturated heterocycles. The van der Waals surface area contributed by atoms with E-state index in [1.807, 2.05) is 12.1 Å². The van der Waals surface area contributed by atoms with Gasteiger partial charge < -0.3 is 14.8 Å². The fourth-order valence-electron chi connectivity index (χ4n) is 4.88. The van der Waals surface area contributed by atoms with Gasteiger partial charge in [0.05, 0.1) is 12.4 Å². The molecule has 1 aliphatic carbocycles. The quantitative estimate of drug-likeness (QED) is 0.452. The first-order valence-electron chi connectivity index (χ1n) is 13.4. The SMILES string of the molecule is COc1ccc(CC(C2CCCCC2)S(=O)(=O)NC(=O)[C@@H](C)NC(=O)C2SCCN2C(=O)OC(C)(C)C)cc1. The van der Waals surface area contributed by atoms with Gasteiger partial charge in [-0.15, -0.1) is 11.8 Å². The molecule has 10 nitrogen and oxygen atoms in total. The Balaban J connectivity index is 1.67. The number of ether oxygens (including phenoxy) is 2. The number of rotatable bonds is 9. The van der Waals surface area contributed by atoms with Crippen molar-refractivity contribution < 1.29 is 32.3 Å². The predicted octanol–water partition coefficient (Wildman–Crippen LogP) is 3.45. The molecule has 218 valence electrons. The van der Waals surface area contributed by atoms with Gasteiger partial charge in [0.2, 0.25) is 10.0 Å². The number of nitrogens with one attached hydrogen (secondary N) is 2. The van der Waals surface area contributed by atoms with E-state index in [0.29, 0.717) is 18.0 Å². The number of hydrogen-bond acceptors (Lipinski definition) is 8. The topological polar surface area (TPSA) is 131 Å². The maximum atomic E-state index is 13.5. The monoisotopic (exact) mass is 583 g/mol. The number of benzene rings is 1. The number of thioether (sulfide) groups is 1. The van der Waals surface area contributed by atoms with Crippen LogP contribution in [0.1, 0.15) is 65.4 Å². The van der Waals surface area contributed by atoms with Gasteiger partial charge >= 0.3 is 6.09 Å². The smallest absolute Gasteiger partial charge is 0.411 e. The van der Waals surface area contributed by atoms with Gasteiger partial charge in [-0.3, -0.25) is 19.2 Å². The lowest BCUT2D eigenvalue weighted by Crippen LogP contribution is -2.54. The number of hydrogen-bond donors (Lipinski definition) is 2. The zero-order chi connectivity index (χ0) is 28.8. The highest BCUT2D eigenvalue weighted by Crippen LogP contribution is 2.32. The highest BCUT2D eigenvalue weighted by atomic mass is 32.2. The van der Waals surface area contributed by atoms with E-state index in [2.05, 4.69) is 10.0 Å². The van der Waals surface area contributed by atoms with E-state index >= 15 is 0 Å². The third-order valence-corrected chi connectivity index (χ3v) is 9.95. The molecule has 3 rings (SSSR count). The van der Waals surface area contributed by atoms with Crippen molar-refractivity contribution in [3.8, 4) is 5.75 Å². The molecule has 3 amide bonds. The van der Waals surface area contributed by atoms with Gasteiger partial charge in [-0.05, 0) is 70.6 Å². The summed E-state index contributed by atoms with van der Waals surface area (Å²) in [6.07, 6.45) is 4.19. The number of amides is 3. The van der Waals surface area contributed by atoms with Crippen molar-refractivity contribution in [1.29, 1.82) is 0 Å². The van der Waals surface area contributed by atoms with Crippen molar-refractivity contribution in [3.05, 3.63) is 29.8 Å². The predicted molar refractivity (Wildman–Crippen MR) is 151 cm³/mol. The minimum absolute atomic E-state index is 0.0756. The number of methoxy groups -OCH3 is 1. The molecule has 1 aliphatic heterocycles. The van der Waals surface area contributed by atoms with E-state index in [1.54, 1.807) is 40.0 Å². The summed E-state index contributed by atoms with van der Waals surface area (Å²) in [7, 11) is -2.48. The number of carbonyl (C=O) groups excluding carboxylic acids is 3.